The molecular weight excluding hydrogens is 374 g/mol. The molecule has 1 fully saturated rings. The molecule has 1 N–H and O–H groups in total. The number of carbonyl (C=O) groups is 2. The molecular formula is C25H25N3O2. The molecule has 2 amide bonds. The van der Waals surface area contributed by atoms with Crippen LogP contribution >= 0.6 is 0 Å². The van der Waals surface area contributed by atoms with E-state index < -0.39 is 0 Å². The Morgan fingerprint density at radius 2 is 1.57 bits per heavy atom. The van der Waals surface area contributed by atoms with Gasteiger partial charge in [-0.1, -0.05) is 48.5 Å². The lowest BCUT2D eigenvalue weighted by molar-refractivity contribution is -0.133. The fourth-order valence-electron chi connectivity index (χ4n) is 3.55. The molecule has 0 radical (unpaired) electrons. The van der Waals surface area contributed by atoms with Gasteiger partial charge in [-0.05, 0) is 48.2 Å². The Kier molecular flexibility index (Phi) is 6.18. The Balaban J connectivity index is 1.51. The van der Waals surface area contributed by atoms with Crippen LogP contribution in [0.1, 0.15) is 46.8 Å². The van der Waals surface area contributed by atoms with Crippen molar-refractivity contribution in [1.82, 2.24) is 15.2 Å². The van der Waals surface area contributed by atoms with Crippen LogP contribution in [0.25, 0.3) is 0 Å². The molecule has 0 saturated heterocycles. The largest absolute Gasteiger partial charge is 0.345 e. The van der Waals surface area contributed by atoms with Crippen LogP contribution in [0.3, 0.4) is 0 Å². The molecule has 3 aromatic rings. The van der Waals surface area contributed by atoms with Crippen molar-refractivity contribution in [3.63, 3.8) is 0 Å². The topological polar surface area (TPSA) is 62.3 Å². The van der Waals surface area contributed by atoms with Crippen LogP contribution in [0.2, 0.25) is 0 Å². The van der Waals surface area contributed by atoms with E-state index in [0.29, 0.717) is 12.1 Å². The van der Waals surface area contributed by atoms with E-state index in [1.165, 1.54) is 0 Å². The molecule has 2 aromatic carbocycles. The second kappa shape index (κ2) is 9.35. The maximum absolute atomic E-state index is 13.3. The summed E-state index contributed by atoms with van der Waals surface area (Å²) in [5.41, 5.74) is 2.58. The molecule has 5 heteroatoms. The van der Waals surface area contributed by atoms with E-state index in [-0.39, 0.29) is 30.3 Å². The Hall–Kier alpha value is -3.47. The van der Waals surface area contributed by atoms with Gasteiger partial charge in [0.15, 0.2) is 0 Å². The molecule has 4 rings (SSSR count). The lowest BCUT2D eigenvalue weighted by Gasteiger charge is -2.26. The zero-order chi connectivity index (χ0) is 20.8. The first-order valence-corrected chi connectivity index (χ1v) is 10.3. The van der Waals surface area contributed by atoms with Crippen molar-refractivity contribution in [3.8, 4) is 0 Å². The van der Waals surface area contributed by atoms with Gasteiger partial charge in [-0.25, -0.2) is 0 Å². The second-order valence-electron chi connectivity index (χ2n) is 7.62. The van der Waals surface area contributed by atoms with Gasteiger partial charge in [0.25, 0.3) is 5.91 Å². The summed E-state index contributed by atoms with van der Waals surface area (Å²) in [4.78, 5) is 32.1. The molecule has 5 nitrogen and oxygen atoms in total. The highest BCUT2D eigenvalue weighted by atomic mass is 16.2. The van der Waals surface area contributed by atoms with Crippen LogP contribution in [0.15, 0.2) is 85.2 Å². The molecule has 152 valence electrons. The predicted octanol–water partition coefficient (Wildman–Crippen LogP) is 4.13. The normalized spacial score (nSPS) is 14.0. The smallest absolute Gasteiger partial charge is 0.251 e. The predicted molar refractivity (Wildman–Crippen MR) is 116 cm³/mol. The zero-order valence-electron chi connectivity index (χ0n) is 16.8. The minimum atomic E-state index is -0.384. The Morgan fingerprint density at radius 1 is 0.933 bits per heavy atom. The molecule has 0 bridgehead atoms. The lowest BCUT2D eigenvalue weighted by atomic mass is 10.0. The summed E-state index contributed by atoms with van der Waals surface area (Å²) in [6.07, 6.45) is 5.78. The van der Waals surface area contributed by atoms with Crippen molar-refractivity contribution in [3.05, 3.63) is 102 Å². The number of amides is 2. The number of hydrogen-bond acceptors (Lipinski definition) is 3. The molecule has 0 spiro atoms. The number of aromatic nitrogens is 1. The number of nitrogens with zero attached hydrogens (tertiary/aromatic N) is 2. The lowest BCUT2D eigenvalue weighted by Crippen LogP contribution is -2.37. The van der Waals surface area contributed by atoms with Gasteiger partial charge in [0.05, 0.1) is 12.5 Å². The summed E-state index contributed by atoms with van der Waals surface area (Å²) in [6.45, 7) is 0.570. The second-order valence-corrected chi connectivity index (χ2v) is 7.62. The summed E-state index contributed by atoms with van der Waals surface area (Å²) in [5, 5.41) is 3.06. The number of nitrogens with one attached hydrogen (secondary N) is 1. The van der Waals surface area contributed by atoms with Crippen LogP contribution in [-0.2, 0) is 11.3 Å². The Morgan fingerprint density at radius 3 is 2.20 bits per heavy atom. The molecule has 1 unspecified atom stereocenters. The van der Waals surface area contributed by atoms with Crippen LogP contribution < -0.4 is 5.32 Å². The number of hydrogen-bond donors (Lipinski definition) is 1. The summed E-state index contributed by atoms with van der Waals surface area (Å²) >= 11 is 0. The summed E-state index contributed by atoms with van der Waals surface area (Å²) in [6, 6.07) is 22.6. The third-order valence-electron chi connectivity index (χ3n) is 5.33. The SMILES string of the molecule is O=C(NC(CC(=O)N(Cc1ccncc1)C1CC1)c1ccccc1)c1ccccc1. The van der Waals surface area contributed by atoms with Crippen LogP contribution in [0.4, 0.5) is 0 Å². The van der Waals surface area contributed by atoms with Crippen LogP contribution in [0, 0.1) is 0 Å². The average Bonchev–Trinajstić information content (AvgIpc) is 3.64. The van der Waals surface area contributed by atoms with Gasteiger partial charge >= 0.3 is 0 Å². The summed E-state index contributed by atoms with van der Waals surface area (Å²) < 4.78 is 0. The van der Waals surface area contributed by atoms with Gasteiger partial charge in [-0.2, -0.15) is 0 Å². The zero-order valence-corrected chi connectivity index (χ0v) is 16.8. The van der Waals surface area contributed by atoms with E-state index in [2.05, 4.69) is 10.3 Å². The van der Waals surface area contributed by atoms with Crippen molar-refractivity contribution in [2.75, 3.05) is 0 Å². The van der Waals surface area contributed by atoms with Gasteiger partial charge in [0, 0.05) is 30.5 Å². The van der Waals surface area contributed by atoms with Gasteiger partial charge < -0.3 is 10.2 Å². The molecule has 1 heterocycles. The Labute approximate surface area is 176 Å². The molecule has 30 heavy (non-hydrogen) atoms. The van der Waals surface area contributed by atoms with E-state index in [1.54, 1.807) is 24.5 Å². The van der Waals surface area contributed by atoms with E-state index in [0.717, 1.165) is 24.0 Å². The molecule has 1 aliphatic rings. The summed E-state index contributed by atoms with van der Waals surface area (Å²) in [5.74, 6) is -0.124. The van der Waals surface area contributed by atoms with Crippen LogP contribution in [-0.4, -0.2) is 27.7 Å². The number of rotatable bonds is 8. The minimum Gasteiger partial charge on any atom is -0.345 e. The third-order valence-corrected chi connectivity index (χ3v) is 5.33. The highest BCUT2D eigenvalue weighted by Crippen LogP contribution is 2.30. The average molecular weight is 399 g/mol. The standard InChI is InChI=1S/C25H25N3O2/c29-24(28(22-11-12-22)18-19-13-15-26-16-14-19)17-23(20-7-3-1-4-8-20)27-25(30)21-9-5-2-6-10-21/h1-10,13-16,22-23H,11-12,17-18H2,(H,27,30). The van der Waals surface area contributed by atoms with E-state index >= 15 is 0 Å². The van der Waals surface area contributed by atoms with Gasteiger partial charge in [-0.15, -0.1) is 0 Å². The number of benzene rings is 2. The minimum absolute atomic E-state index is 0.0523. The molecule has 0 aliphatic heterocycles. The maximum Gasteiger partial charge on any atom is 0.251 e. The Bertz CT molecular complexity index is 973. The maximum atomic E-state index is 13.3. The van der Waals surface area contributed by atoms with E-state index in [9.17, 15) is 9.59 Å². The van der Waals surface area contributed by atoms with Crippen molar-refractivity contribution < 1.29 is 9.59 Å². The van der Waals surface area contributed by atoms with E-state index in [1.807, 2.05) is 65.6 Å². The van der Waals surface area contributed by atoms with Crippen molar-refractivity contribution in [2.24, 2.45) is 0 Å². The van der Waals surface area contributed by atoms with Gasteiger partial charge in [-0.3, -0.25) is 14.6 Å². The fraction of sp³-hybridized carbons (Fsp3) is 0.240. The molecule has 1 aromatic heterocycles. The first-order valence-electron chi connectivity index (χ1n) is 10.3. The molecule has 1 atom stereocenters. The van der Waals surface area contributed by atoms with Crippen molar-refractivity contribution in [1.29, 1.82) is 0 Å². The number of pyridine rings is 1. The first-order chi connectivity index (χ1) is 14.7. The quantitative estimate of drug-likeness (QED) is 0.619. The summed E-state index contributed by atoms with van der Waals surface area (Å²) in [7, 11) is 0. The highest BCUT2D eigenvalue weighted by molar-refractivity contribution is 5.94. The highest BCUT2D eigenvalue weighted by Gasteiger charge is 2.34. The first kappa shape index (κ1) is 19.8. The van der Waals surface area contributed by atoms with Crippen molar-refractivity contribution in [2.45, 2.75) is 37.9 Å². The van der Waals surface area contributed by atoms with Gasteiger partial charge in [0.2, 0.25) is 5.91 Å². The molecule has 1 aliphatic carbocycles. The van der Waals surface area contributed by atoms with Gasteiger partial charge in [0.1, 0.15) is 0 Å². The number of carbonyl (C=O) groups excluding carboxylic acids is 2. The third kappa shape index (κ3) is 5.11. The van der Waals surface area contributed by atoms with Crippen molar-refractivity contribution >= 4 is 11.8 Å². The van der Waals surface area contributed by atoms with Crippen LogP contribution in [0.5, 0.6) is 0 Å². The molecule has 1 saturated carbocycles. The fourth-order valence-corrected chi connectivity index (χ4v) is 3.55. The monoisotopic (exact) mass is 399 g/mol. The van der Waals surface area contributed by atoms with E-state index in [4.69, 9.17) is 0 Å².